The van der Waals surface area contributed by atoms with Crippen molar-refractivity contribution in [2.24, 2.45) is 5.73 Å². The summed E-state index contributed by atoms with van der Waals surface area (Å²) in [5, 5.41) is 0. The lowest BCUT2D eigenvalue weighted by Crippen LogP contribution is -3.00. The van der Waals surface area contributed by atoms with Crippen molar-refractivity contribution < 1.29 is 17.0 Å². The lowest BCUT2D eigenvalue weighted by atomic mass is 10.4. The normalized spacial score (nSPS) is 9.91. The molecule has 70 valence electrons. The molecule has 0 atom stereocenters. The summed E-state index contributed by atoms with van der Waals surface area (Å²) in [7, 11) is 2.08. The van der Waals surface area contributed by atoms with Gasteiger partial charge in [0.2, 0.25) is 0 Å². The number of hydrogen-bond acceptors (Lipinski definition) is 1. The molecule has 0 saturated heterocycles. The van der Waals surface area contributed by atoms with E-state index >= 15 is 0 Å². The van der Waals surface area contributed by atoms with Gasteiger partial charge in [-0.3, -0.25) is 0 Å². The standard InChI is InChI=1S/C7H17N2.2ClH/c1-3-6-9(2)7-4-5-8;;/h6H,3-5,7-8H2,1-2H3;2*1H/q+1;;/p-1. The van der Waals surface area contributed by atoms with Gasteiger partial charge in [0.1, 0.15) is 19.8 Å². The summed E-state index contributed by atoms with van der Waals surface area (Å²) >= 11 is 0. The molecule has 0 aliphatic carbocycles. The fourth-order valence-corrected chi connectivity index (χ4v) is 0.744. The van der Waals surface area contributed by atoms with E-state index in [1.165, 1.54) is 0 Å². The first-order valence-corrected chi connectivity index (χ1v) is 3.55. The zero-order valence-electron chi connectivity index (χ0n) is 7.22. The lowest BCUT2D eigenvalue weighted by Gasteiger charge is -1.92. The van der Waals surface area contributed by atoms with Gasteiger partial charge in [-0.15, -0.1) is 12.4 Å². The molecule has 2 nitrogen and oxygen atoms in total. The number of rotatable bonds is 4. The summed E-state index contributed by atoms with van der Waals surface area (Å²) in [5.74, 6) is 0. The molecule has 0 aliphatic rings. The summed E-state index contributed by atoms with van der Waals surface area (Å²) in [6.07, 6.45) is 4.38. The SMILES string of the molecule is CCC=[N+](C)CCCN.Cl.[Cl-]. The highest BCUT2D eigenvalue weighted by molar-refractivity contribution is 5.85. The van der Waals surface area contributed by atoms with Crippen molar-refractivity contribution in [3.8, 4) is 0 Å². The summed E-state index contributed by atoms with van der Waals surface area (Å²) < 4.78 is 2.19. The van der Waals surface area contributed by atoms with E-state index in [0.717, 1.165) is 25.9 Å². The van der Waals surface area contributed by atoms with Gasteiger partial charge in [-0.25, -0.2) is 4.58 Å². The van der Waals surface area contributed by atoms with Crippen LogP contribution >= 0.6 is 12.4 Å². The quantitative estimate of drug-likeness (QED) is 0.409. The number of nitrogens with zero attached hydrogens (tertiary/aromatic N) is 1. The van der Waals surface area contributed by atoms with Gasteiger partial charge in [-0.1, -0.05) is 6.92 Å². The fraction of sp³-hybridized carbons (Fsp3) is 0.857. The van der Waals surface area contributed by atoms with Gasteiger partial charge < -0.3 is 18.1 Å². The zero-order valence-corrected chi connectivity index (χ0v) is 8.79. The van der Waals surface area contributed by atoms with Gasteiger partial charge in [0, 0.05) is 12.8 Å². The molecule has 4 heteroatoms. The summed E-state index contributed by atoms with van der Waals surface area (Å²) in [6.45, 7) is 4.02. The van der Waals surface area contributed by atoms with Crippen LogP contribution in [0.5, 0.6) is 0 Å². The van der Waals surface area contributed by atoms with E-state index in [0.29, 0.717) is 0 Å². The predicted molar refractivity (Wildman–Crippen MR) is 48.3 cm³/mol. The Hall–Kier alpha value is 0.210. The Labute approximate surface area is 81.7 Å². The number of halogens is 2. The van der Waals surface area contributed by atoms with Gasteiger partial charge in [-0.05, 0) is 6.54 Å². The van der Waals surface area contributed by atoms with Crippen LogP contribution in [0.2, 0.25) is 0 Å². The maximum Gasteiger partial charge on any atom is 0.143 e. The summed E-state index contributed by atoms with van der Waals surface area (Å²) in [6, 6.07) is 0. The molecule has 0 aliphatic heterocycles. The Kier molecular flexibility index (Phi) is 20.3. The Bertz CT molecular complexity index is 94.4. The predicted octanol–water partition coefficient (Wildman–Crippen LogP) is -2.12. The van der Waals surface area contributed by atoms with Crippen LogP contribution in [0.1, 0.15) is 19.8 Å². The first kappa shape index (κ1) is 17.3. The molecule has 0 unspecified atom stereocenters. The van der Waals surface area contributed by atoms with Crippen LogP contribution in [0, 0.1) is 0 Å². The van der Waals surface area contributed by atoms with Crippen molar-refractivity contribution in [2.45, 2.75) is 19.8 Å². The largest absolute Gasteiger partial charge is 1.00 e. The Balaban J connectivity index is -0.000000320. The van der Waals surface area contributed by atoms with Gasteiger partial charge in [0.05, 0.1) is 0 Å². The Morgan fingerprint density at radius 3 is 2.36 bits per heavy atom. The molecular weight excluding hydrogens is 183 g/mol. The van der Waals surface area contributed by atoms with Crippen molar-refractivity contribution in [3.05, 3.63) is 0 Å². The highest BCUT2D eigenvalue weighted by atomic mass is 35.5. The van der Waals surface area contributed by atoms with Crippen LogP contribution in [0.15, 0.2) is 0 Å². The van der Waals surface area contributed by atoms with E-state index in [1.807, 2.05) is 0 Å². The summed E-state index contributed by atoms with van der Waals surface area (Å²) in [5.41, 5.74) is 5.33. The Morgan fingerprint density at radius 1 is 1.45 bits per heavy atom. The van der Waals surface area contributed by atoms with Crippen molar-refractivity contribution in [1.29, 1.82) is 0 Å². The van der Waals surface area contributed by atoms with Crippen LogP contribution < -0.4 is 18.1 Å². The minimum absolute atomic E-state index is 0. The first-order valence-electron chi connectivity index (χ1n) is 3.55. The lowest BCUT2D eigenvalue weighted by molar-refractivity contribution is -0.493. The Morgan fingerprint density at radius 2 is 2.00 bits per heavy atom. The maximum absolute atomic E-state index is 5.33. The second kappa shape index (κ2) is 12.8. The minimum atomic E-state index is 0. The topological polar surface area (TPSA) is 29.0 Å². The third-order valence-electron chi connectivity index (χ3n) is 1.21. The average molecular weight is 201 g/mol. The zero-order chi connectivity index (χ0) is 7.11. The van der Waals surface area contributed by atoms with Crippen LogP contribution in [-0.2, 0) is 0 Å². The van der Waals surface area contributed by atoms with Gasteiger partial charge in [0.25, 0.3) is 0 Å². The van der Waals surface area contributed by atoms with Crippen LogP contribution in [0.3, 0.4) is 0 Å². The minimum Gasteiger partial charge on any atom is -1.00 e. The van der Waals surface area contributed by atoms with E-state index in [4.69, 9.17) is 5.73 Å². The monoisotopic (exact) mass is 200 g/mol. The maximum atomic E-state index is 5.33. The molecule has 0 radical (unpaired) electrons. The van der Waals surface area contributed by atoms with Crippen molar-refractivity contribution in [3.63, 3.8) is 0 Å². The second-order valence-corrected chi connectivity index (χ2v) is 2.21. The van der Waals surface area contributed by atoms with Crippen molar-refractivity contribution >= 4 is 18.6 Å². The molecule has 0 saturated carbocycles. The molecule has 0 heterocycles. The third-order valence-corrected chi connectivity index (χ3v) is 1.21. The fourth-order valence-electron chi connectivity index (χ4n) is 0.744. The molecular formula is C7H18Cl2N2. The molecule has 0 aromatic heterocycles. The first-order chi connectivity index (χ1) is 4.31. The molecule has 0 bridgehead atoms. The van der Waals surface area contributed by atoms with Crippen LogP contribution in [-0.4, -0.2) is 30.9 Å². The van der Waals surface area contributed by atoms with Gasteiger partial charge in [-0.2, -0.15) is 0 Å². The van der Waals surface area contributed by atoms with E-state index in [2.05, 4.69) is 24.8 Å². The van der Waals surface area contributed by atoms with Crippen molar-refractivity contribution in [1.82, 2.24) is 0 Å². The molecule has 11 heavy (non-hydrogen) atoms. The molecule has 0 aromatic rings. The third kappa shape index (κ3) is 13.2. The van der Waals surface area contributed by atoms with Gasteiger partial charge >= 0.3 is 0 Å². The van der Waals surface area contributed by atoms with E-state index < -0.39 is 0 Å². The molecule has 0 rings (SSSR count). The second-order valence-electron chi connectivity index (χ2n) is 2.21. The van der Waals surface area contributed by atoms with Crippen molar-refractivity contribution in [2.75, 3.05) is 20.1 Å². The molecule has 0 aromatic carbocycles. The van der Waals surface area contributed by atoms with E-state index in [1.54, 1.807) is 0 Å². The molecule has 0 fully saturated rings. The van der Waals surface area contributed by atoms with Crippen LogP contribution in [0.25, 0.3) is 0 Å². The van der Waals surface area contributed by atoms with E-state index in [-0.39, 0.29) is 24.8 Å². The van der Waals surface area contributed by atoms with Gasteiger partial charge in [0.15, 0.2) is 0 Å². The molecule has 2 N–H and O–H groups in total. The highest BCUT2D eigenvalue weighted by Gasteiger charge is 1.90. The number of nitrogens with two attached hydrogens (primary N) is 1. The smallest absolute Gasteiger partial charge is 0.143 e. The molecule has 0 spiro atoms. The van der Waals surface area contributed by atoms with E-state index in [9.17, 15) is 0 Å². The summed E-state index contributed by atoms with van der Waals surface area (Å²) in [4.78, 5) is 0. The average Bonchev–Trinajstić information content (AvgIpc) is 1.85. The number of hydrogen-bond donors (Lipinski definition) is 1. The molecule has 0 amide bonds. The highest BCUT2D eigenvalue weighted by Crippen LogP contribution is 1.75. The van der Waals surface area contributed by atoms with Crippen LogP contribution in [0.4, 0.5) is 0 Å².